The fraction of sp³-hybridized carbons (Fsp3) is 0.969. The lowest BCUT2D eigenvalue weighted by atomic mass is 10.00. The Bertz CT molecular complexity index is 546. The molecule has 38 heavy (non-hydrogen) atoms. The Balaban J connectivity index is 2.36. The van der Waals surface area contributed by atoms with Crippen molar-refractivity contribution in [3.8, 4) is 0 Å². The first-order valence-electron chi connectivity index (χ1n) is 16.5. The summed E-state index contributed by atoms with van der Waals surface area (Å²) in [6, 6.07) is 0. The standard InChI is InChI=1S/C32H63NO5/c1-3-5-7-9-11-13-14-15-17-19-21-23-25-33(31-26-28(35)32(37)29(27-34)38-31)30(36)24-22-20-18-16-12-10-8-6-4-2/h28-29,31-32,34-35,37H,3-27H2,1-2H3/t28-,29-,31-,32+/m1/s1. The van der Waals surface area contributed by atoms with Gasteiger partial charge >= 0.3 is 0 Å². The zero-order valence-corrected chi connectivity index (χ0v) is 25.1. The van der Waals surface area contributed by atoms with Crippen molar-refractivity contribution in [2.75, 3.05) is 13.2 Å². The number of carbonyl (C=O) groups is 1. The molecule has 0 saturated carbocycles. The Morgan fingerprint density at radius 1 is 0.684 bits per heavy atom. The molecule has 0 aromatic carbocycles. The molecule has 226 valence electrons. The van der Waals surface area contributed by atoms with Crippen LogP contribution in [-0.4, -0.2) is 63.8 Å². The van der Waals surface area contributed by atoms with Crippen LogP contribution in [0.15, 0.2) is 0 Å². The summed E-state index contributed by atoms with van der Waals surface area (Å²) in [6.45, 7) is 4.74. The number of hydrogen-bond donors (Lipinski definition) is 3. The first-order valence-corrected chi connectivity index (χ1v) is 16.5. The lowest BCUT2D eigenvalue weighted by Gasteiger charge is -2.41. The minimum Gasteiger partial charge on any atom is -0.394 e. The Morgan fingerprint density at radius 2 is 1.11 bits per heavy atom. The second-order valence-corrected chi connectivity index (χ2v) is 11.7. The van der Waals surface area contributed by atoms with Crippen molar-refractivity contribution < 1.29 is 24.9 Å². The average Bonchev–Trinajstić information content (AvgIpc) is 2.91. The van der Waals surface area contributed by atoms with E-state index in [0.29, 0.717) is 13.0 Å². The third-order valence-electron chi connectivity index (χ3n) is 8.14. The fourth-order valence-electron chi connectivity index (χ4n) is 5.57. The van der Waals surface area contributed by atoms with Crippen molar-refractivity contribution in [1.29, 1.82) is 0 Å². The first kappa shape index (κ1) is 35.3. The number of nitrogens with zero attached hydrogens (tertiary/aromatic N) is 1. The summed E-state index contributed by atoms with van der Waals surface area (Å²) >= 11 is 0. The summed E-state index contributed by atoms with van der Waals surface area (Å²) in [5.74, 6) is 0.0706. The highest BCUT2D eigenvalue weighted by molar-refractivity contribution is 5.76. The number of carbonyl (C=O) groups excluding carboxylic acids is 1. The van der Waals surface area contributed by atoms with E-state index >= 15 is 0 Å². The number of amides is 1. The predicted molar refractivity (Wildman–Crippen MR) is 157 cm³/mol. The largest absolute Gasteiger partial charge is 0.394 e. The molecule has 1 aliphatic rings. The molecule has 0 aromatic heterocycles. The fourth-order valence-corrected chi connectivity index (χ4v) is 5.57. The van der Waals surface area contributed by atoms with Crippen LogP contribution in [0.3, 0.4) is 0 Å². The van der Waals surface area contributed by atoms with E-state index in [2.05, 4.69) is 13.8 Å². The summed E-state index contributed by atoms with van der Waals surface area (Å²) in [7, 11) is 0. The molecule has 0 unspecified atom stereocenters. The van der Waals surface area contributed by atoms with Gasteiger partial charge in [-0.15, -0.1) is 0 Å². The van der Waals surface area contributed by atoms with Gasteiger partial charge in [-0.3, -0.25) is 4.79 Å². The highest BCUT2D eigenvalue weighted by atomic mass is 16.5. The van der Waals surface area contributed by atoms with Gasteiger partial charge in [-0.2, -0.15) is 0 Å². The number of aliphatic hydroxyl groups excluding tert-OH is 3. The molecular weight excluding hydrogens is 478 g/mol. The number of aliphatic hydroxyl groups is 3. The molecule has 1 saturated heterocycles. The van der Waals surface area contributed by atoms with E-state index in [0.717, 1.165) is 25.7 Å². The maximum absolute atomic E-state index is 13.2. The van der Waals surface area contributed by atoms with Crippen molar-refractivity contribution in [1.82, 2.24) is 4.90 Å². The zero-order chi connectivity index (χ0) is 27.8. The molecule has 0 radical (unpaired) electrons. The summed E-state index contributed by atoms with van der Waals surface area (Å²) in [4.78, 5) is 15.0. The van der Waals surface area contributed by atoms with Gasteiger partial charge in [0.2, 0.25) is 5.91 Å². The van der Waals surface area contributed by atoms with Gasteiger partial charge < -0.3 is 25.0 Å². The van der Waals surface area contributed by atoms with Crippen molar-refractivity contribution in [2.24, 2.45) is 0 Å². The normalized spacial score (nSPS) is 21.6. The maximum atomic E-state index is 13.2. The van der Waals surface area contributed by atoms with Gasteiger partial charge in [-0.1, -0.05) is 136 Å². The second kappa shape index (κ2) is 24.1. The lowest BCUT2D eigenvalue weighted by molar-refractivity contribution is -0.218. The molecule has 1 aliphatic heterocycles. The zero-order valence-electron chi connectivity index (χ0n) is 25.1. The highest BCUT2D eigenvalue weighted by Crippen LogP contribution is 2.25. The van der Waals surface area contributed by atoms with E-state index < -0.39 is 24.5 Å². The van der Waals surface area contributed by atoms with E-state index in [1.54, 1.807) is 4.90 Å². The molecule has 1 rings (SSSR count). The predicted octanol–water partition coefficient (Wildman–Crippen LogP) is 7.27. The molecule has 0 spiro atoms. The smallest absolute Gasteiger partial charge is 0.224 e. The van der Waals surface area contributed by atoms with Crippen molar-refractivity contribution in [3.05, 3.63) is 0 Å². The van der Waals surface area contributed by atoms with Crippen LogP contribution in [0.5, 0.6) is 0 Å². The summed E-state index contributed by atoms with van der Waals surface area (Å²) < 4.78 is 5.90. The van der Waals surface area contributed by atoms with Gasteiger partial charge in [-0.05, 0) is 12.8 Å². The average molecular weight is 542 g/mol. The van der Waals surface area contributed by atoms with Crippen LogP contribution < -0.4 is 0 Å². The SMILES string of the molecule is CCCCCCCCCCCCCCN(C(=O)CCCCCCCCCCC)[C@H]1C[C@@H](O)[C@H](O)[C@@H](CO)O1. The van der Waals surface area contributed by atoms with Crippen molar-refractivity contribution >= 4 is 5.91 Å². The molecule has 0 aromatic rings. The molecule has 6 heteroatoms. The van der Waals surface area contributed by atoms with Gasteiger partial charge in [0.15, 0.2) is 0 Å². The van der Waals surface area contributed by atoms with Crippen LogP contribution in [-0.2, 0) is 9.53 Å². The first-order chi connectivity index (χ1) is 18.5. The van der Waals surface area contributed by atoms with Crippen molar-refractivity contribution in [3.63, 3.8) is 0 Å². The third kappa shape index (κ3) is 16.4. The molecule has 0 bridgehead atoms. The van der Waals surface area contributed by atoms with E-state index in [-0.39, 0.29) is 18.9 Å². The van der Waals surface area contributed by atoms with E-state index in [1.807, 2.05) is 0 Å². The molecule has 0 aliphatic carbocycles. The van der Waals surface area contributed by atoms with Crippen LogP contribution in [0.1, 0.15) is 162 Å². The number of ether oxygens (including phenoxy) is 1. The lowest BCUT2D eigenvalue weighted by Crippen LogP contribution is -2.56. The molecule has 1 amide bonds. The van der Waals surface area contributed by atoms with E-state index in [1.165, 1.54) is 109 Å². The van der Waals surface area contributed by atoms with Crippen LogP contribution in [0.2, 0.25) is 0 Å². The number of rotatable bonds is 25. The van der Waals surface area contributed by atoms with Crippen LogP contribution in [0.4, 0.5) is 0 Å². The molecular formula is C32H63NO5. The van der Waals surface area contributed by atoms with E-state index in [4.69, 9.17) is 4.74 Å². The van der Waals surface area contributed by atoms with Gasteiger partial charge in [-0.25, -0.2) is 0 Å². The monoisotopic (exact) mass is 541 g/mol. The van der Waals surface area contributed by atoms with Gasteiger partial charge in [0, 0.05) is 19.4 Å². The molecule has 3 N–H and O–H groups in total. The Morgan fingerprint density at radius 3 is 1.55 bits per heavy atom. The Kier molecular flexibility index (Phi) is 22.4. The quantitative estimate of drug-likeness (QED) is 0.106. The summed E-state index contributed by atoms with van der Waals surface area (Å²) in [5, 5.41) is 30.0. The minimum absolute atomic E-state index is 0.0706. The van der Waals surface area contributed by atoms with Crippen LogP contribution in [0, 0.1) is 0 Å². The van der Waals surface area contributed by atoms with Gasteiger partial charge in [0.1, 0.15) is 18.4 Å². The molecule has 4 atom stereocenters. The number of unbranched alkanes of at least 4 members (excludes halogenated alkanes) is 19. The topological polar surface area (TPSA) is 90.2 Å². The maximum Gasteiger partial charge on any atom is 0.224 e. The van der Waals surface area contributed by atoms with Gasteiger partial charge in [0.25, 0.3) is 0 Å². The van der Waals surface area contributed by atoms with E-state index in [9.17, 15) is 20.1 Å². The van der Waals surface area contributed by atoms with Crippen LogP contribution >= 0.6 is 0 Å². The molecule has 1 heterocycles. The second-order valence-electron chi connectivity index (χ2n) is 11.7. The molecule has 6 nitrogen and oxygen atoms in total. The van der Waals surface area contributed by atoms with Crippen molar-refractivity contribution in [2.45, 2.75) is 186 Å². The highest BCUT2D eigenvalue weighted by Gasteiger charge is 2.39. The third-order valence-corrected chi connectivity index (χ3v) is 8.14. The Hall–Kier alpha value is -0.690. The Labute approximate surface area is 234 Å². The van der Waals surface area contributed by atoms with Gasteiger partial charge in [0.05, 0.1) is 12.7 Å². The number of hydrogen-bond acceptors (Lipinski definition) is 5. The minimum atomic E-state index is -1.11. The summed E-state index contributed by atoms with van der Waals surface area (Å²) in [6.07, 6.45) is 23.3. The van der Waals surface area contributed by atoms with Crippen LogP contribution in [0.25, 0.3) is 0 Å². The summed E-state index contributed by atoms with van der Waals surface area (Å²) in [5.41, 5.74) is 0. The molecule has 1 fully saturated rings.